The van der Waals surface area contributed by atoms with Crippen LogP contribution < -0.4 is 23.8 Å². The van der Waals surface area contributed by atoms with Gasteiger partial charge in [0.1, 0.15) is 12.4 Å². The molecule has 9 heteroatoms. The van der Waals surface area contributed by atoms with E-state index in [1.165, 1.54) is 24.1 Å². The highest BCUT2D eigenvalue weighted by Gasteiger charge is 2.19. The van der Waals surface area contributed by atoms with Gasteiger partial charge >= 0.3 is 0 Å². The third-order valence-corrected chi connectivity index (χ3v) is 6.17. The van der Waals surface area contributed by atoms with Crippen LogP contribution >= 0.6 is 0 Å². The van der Waals surface area contributed by atoms with Crippen LogP contribution in [0, 0.1) is 0 Å². The zero-order chi connectivity index (χ0) is 24.3. The highest BCUT2D eigenvalue weighted by atomic mass is 32.2. The maximum absolute atomic E-state index is 12.3. The number of nitrogens with one attached hydrogen (secondary N) is 1. The Bertz CT molecular complexity index is 993. The molecule has 182 valence electrons. The van der Waals surface area contributed by atoms with Crippen molar-refractivity contribution < 1.29 is 27.4 Å². The van der Waals surface area contributed by atoms with Crippen LogP contribution in [0.25, 0.3) is 0 Å². The molecule has 0 saturated heterocycles. The summed E-state index contributed by atoms with van der Waals surface area (Å²) in [7, 11) is -0.533. The van der Waals surface area contributed by atoms with Crippen LogP contribution in [0.1, 0.15) is 31.7 Å². The van der Waals surface area contributed by atoms with Crippen molar-refractivity contribution in [2.24, 2.45) is 0 Å². The Balaban J connectivity index is 1.79. The maximum Gasteiger partial charge on any atom is 0.232 e. The monoisotopic (exact) mass is 478 g/mol. The number of rotatable bonds is 14. The van der Waals surface area contributed by atoms with Crippen LogP contribution in [0.3, 0.4) is 0 Å². The second kappa shape index (κ2) is 12.9. The molecule has 0 aliphatic rings. The molecule has 0 atom stereocenters. The number of anilines is 1. The first-order valence-electron chi connectivity index (χ1n) is 11.0. The molecule has 33 heavy (non-hydrogen) atoms. The van der Waals surface area contributed by atoms with Crippen molar-refractivity contribution in [3.8, 4) is 17.2 Å². The Hall–Kier alpha value is -2.94. The number of carbonyl (C=O) groups excluding carboxylic acids is 1. The summed E-state index contributed by atoms with van der Waals surface area (Å²) in [5.74, 6) is 1.55. The molecule has 2 rings (SSSR count). The van der Waals surface area contributed by atoms with Crippen molar-refractivity contribution in [3.05, 3.63) is 48.0 Å². The number of methoxy groups -OCH3 is 2. The van der Waals surface area contributed by atoms with Crippen LogP contribution in [0.2, 0.25) is 0 Å². The zero-order valence-corrected chi connectivity index (χ0v) is 20.6. The fourth-order valence-corrected chi connectivity index (χ4v) is 4.30. The third-order valence-electron chi connectivity index (χ3n) is 4.98. The molecule has 2 aromatic rings. The lowest BCUT2D eigenvalue weighted by atomic mass is 10.1. The molecule has 0 aliphatic heterocycles. The number of aryl methyl sites for hydroxylation is 1. The Labute approximate surface area is 196 Å². The van der Waals surface area contributed by atoms with Crippen LogP contribution in [-0.2, 0) is 21.2 Å². The molecule has 8 nitrogen and oxygen atoms in total. The van der Waals surface area contributed by atoms with E-state index in [9.17, 15) is 13.2 Å². The van der Waals surface area contributed by atoms with Gasteiger partial charge in [-0.25, -0.2) is 8.42 Å². The summed E-state index contributed by atoms with van der Waals surface area (Å²) in [6.45, 7) is 3.05. The van der Waals surface area contributed by atoms with Gasteiger partial charge in [0.2, 0.25) is 15.9 Å². The summed E-state index contributed by atoms with van der Waals surface area (Å²) >= 11 is 0. The SMILES string of the molecule is CCCc1ccc(OCCNC(=O)CCCN(c2ccc(OC)c(OC)c2)S(C)(=O)=O)cc1. The second-order valence-electron chi connectivity index (χ2n) is 7.57. The molecule has 0 heterocycles. The number of amides is 1. The molecule has 0 spiro atoms. The summed E-state index contributed by atoms with van der Waals surface area (Å²) < 4.78 is 42.0. The number of hydrogen-bond donors (Lipinski definition) is 1. The largest absolute Gasteiger partial charge is 0.493 e. The summed E-state index contributed by atoms with van der Waals surface area (Å²) in [6.07, 6.45) is 3.84. The van der Waals surface area contributed by atoms with Gasteiger partial charge in [-0.3, -0.25) is 9.10 Å². The molecule has 2 aromatic carbocycles. The fourth-order valence-electron chi connectivity index (χ4n) is 3.34. The Kier molecular flexibility index (Phi) is 10.3. The molecule has 1 amide bonds. The fraction of sp³-hybridized carbons (Fsp3) is 0.458. The maximum atomic E-state index is 12.3. The number of hydrogen-bond acceptors (Lipinski definition) is 6. The quantitative estimate of drug-likeness (QED) is 0.418. The predicted octanol–water partition coefficient (Wildman–Crippen LogP) is 3.40. The Morgan fingerprint density at radius 1 is 1.03 bits per heavy atom. The van der Waals surface area contributed by atoms with E-state index in [4.69, 9.17) is 14.2 Å². The van der Waals surface area contributed by atoms with Gasteiger partial charge in [0.05, 0.1) is 32.7 Å². The van der Waals surface area contributed by atoms with Gasteiger partial charge in [-0.15, -0.1) is 0 Å². The summed E-state index contributed by atoms with van der Waals surface area (Å²) in [5.41, 5.74) is 1.73. The van der Waals surface area contributed by atoms with Crippen LogP contribution in [0.4, 0.5) is 5.69 Å². The number of benzene rings is 2. The van der Waals surface area contributed by atoms with Gasteiger partial charge in [0.25, 0.3) is 0 Å². The number of carbonyl (C=O) groups is 1. The van der Waals surface area contributed by atoms with E-state index in [1.807, 2.05) is 24.3 Å². The molecule has 0 radical (unpaired) electrons. The van der Waals surface area contributed by atoms with Gasteiger partial charge in [-0.2, -0.15) is 0 Å². The van der Waals surface area contributed by atoms with E-state index in [2.05, 4.69) is 12.2 Å². The standard InChI is InChI=1S/C24H34N2O6S/c1-5-7-19-9-12-21(13-10-19)32-17-15-25-24(27)8-6-16-26(33(4,28)29)20-11-14-22(30-2)23(18-20)31-3/h9-14,18H,5-8,15-17H2,1-4H3,(H,25,27). The number of nitrogens with zero attached hydrogens (tertiary/aromatic N) is 1. The lowest BCUT2D eigenvalue weighted by Gasteiger charge is -2.23. The van der Waals surface area contributed by atoms with Crippen molar-refractivity contribution in [1.29, 1.82) is 0 Å². The molecule has 0 unspecified atom stereocenters. The van der Waals surface area contributed by atoms with Crippen molar-refractivity contribution >= 4 is 21.6 Å². The lowest BCUT2D eigenvalue weighted by Crippen LogP contribution is -2.33. The summed E-state index contributed by atoms with van der Waals surface area (Å²) in [6, 6.07) is 12.9. The van der Waals surface area contributed by atoms with Crippen LogP contribution in [0.5, 0.6) is 17.2 Å². The average molecular weight is 479 g/mol. The minimum Gasteiger partial charge on any atom is -0.493 e. The smallest absolute Gasteiger partial charge is 0.232 e. The van der Waals surface area contributed by atoms with Crippen molar-refractivity contribution in [3.63, 3.8) is 0 Å². The van der Waals surface area contributed by atoms with E-state index in [1.54, 1.807) is 18.2 Å². The highest BCUT2D eigenvalue weighted by molar-refractivity contribution is 7.92. The predicted molar refractivity (Wildman–Crippen MR) is 130 cm³/mol. The molecule has 0 saturated carbocycles. The summed E-state index contributed by atoms with van der Waals surface area (Å²) in [4.78, 5) is 12.2. The first kappa shape index (κ1) is 26.3. The topological polar surface area (TPSA) is 94.2 Å². The lowest BCUT2D eigenvalue weighted by molar-refractivity contribution is -0.121. The number of ether oxygens (including phenoxy) is 3. The van der Waals surface area contributed by atoms with Gasteiger partial charge in [0.15, 0.2) is 11.5 Å². The molecule has 0 fully saturated rings. The molecule has 0 bridgehead atoms. The van der Waals surface area contributed by atoms with Crippen molar-refractivity contribution in [2.45, 2.75) is 32.6 Å². The number of sulfonamides is 1. The van der Waals surface area contributed by atoms with Gasteiger partial charge in [-0.05, 0) is 42.7 Å². The molecular formula is C24H34N2O6S. The zero-order valence-electron chi connectivity index (χ0n) is 19.8. The third kappa shape index (κ3) is 8.49. The Morgan fingerprint density at radius 2 is 1.73 bits per heavy atom. The highest BCUT2D eigenvalue weighted by Crippen LogP contribution is 2.32. The van der Waals surface area contributed by atoms with Crippen molar-refractivity contribution in [1.82, 2.24) is 5.32 Å². The Morgan fingerprint density at radius 3 is 2.33 bits per heavy atom. The van der Waals surface area contributed by atoms with Gasteiger partial charge in [-0.1, -0.05) is 25.5 Å². The molecular weight excluding hydrogens is 444 g/mol. The van der Waals surface area contributed by atoms with Crippen molar-refractivity contribution in [2.75, 3.05) is 44.5 Å². The van der Waals surface area contributed by atoms with E-state index in [0.717, 1.165) is 24.8 Å². The summed E-state index contributed by atoms with van der Waals surface area (Å²) in [5, 5.41) is 2.80. The van der Waals surface area contributed by atoms with Crippen LogP contribution in [0.15, 0.2) is 42.5 Å². The minimum atomic E-state index is -3.53. The molecule has 0 aromatic heterocycles. The first-order valence-corrected chi connectivity index (χ1v) is 12.8. The van der Waals surface area contributed by atoms with E-state index in [0.29, 0.717) is 36.8 Å². The molecule has 0 aliphatic carbocycles. The molecule has 1 N–H and O–H groups in total. The van der Waals surface area contributed by atoms with E-state index >= 15 is 0 Å². The van der Waals surface area contributed by atoms with Gasteiger partial charge < -0.3 is 19.5 Å². The van der Waals surface area contributed by atoms with Gasteiger partial charge in [0, 0.05) is 19.0 Å². The second-order valence-corrected chi connectivity index (χ2v) is 9.48. The minimum absolute atomic E-state index is 0.155. The normalized spacial score (nSPS) is 11.0. The first-order chi connectivity index (χ1) is 15.8. The van der Waals surface area contributed by atoms with Crippen LogP contribution in [-0.4, -0.2) is 54.5 Å². The average Bonchev–Trinajstić information content (AvgIpc) is 2.79. The van der Waals surface area contributed by atoms with E-state index in [-0.39, 0.29) is 18.9 Å². The van der Waals surface area contributed by atoms with E-state index < -0.39 is 10.0 Å².